The summed E-state index contributed by atoms with van der Waals surface area (Å²) in [4.78, 5) is 9.10. The summed E-state index contributed by atoms with van der Waals surface area (Å²) in [5.41, 5.74) is 0. The number of alkyl halides is 2. The summed E-state index contributed by atoms with van der Waals surface area (Å²) in [7, 11) is 0. The number of halogens is 2. The Hall–Kier alpha value is -0.780. The lowest BCUT2D eigenvalue weighted by atomic mass is 10.1. The van der Waals surface area contributed by atoms with E-state index in [2.05, 4.69) is 0 Å². The zero-order valence-corrected chi connectivity index (χ0v) is 5.91. The van der Waals surface area contributed by atoms with E-state index in [0.29, 0.717) is 0 Å². The summed E-state index contributed by atoms with van der Waals surface area (Å²) in [6, 6.07) is -1.56. The van der Waals surface area contributed by atoms with Crippen LogP contribution in [0, 0.1) is 10.1 Å². The van der Waals surface area contributed by atoms with Crippen LogP contribution < -0.4 is 0 Å². The minimum Gasteiger partial charge on any atom is -0.381 e. The van der Waals surface area contributed by atoms with E-state index in [1.807, 2.05) is 0 Å². The van der Waals surface area contributed by atoms with Gasteiger partial charge in [-0.05, 0) is 0 Å². The van der Waals surface area contributed by atoms with Crippen LogP contribution in [0.3, 0.4) is 0 Å². The fraction of sp³-hybridized carbons (Fsp3) is 1.00. The van der Waals surface area contributed by atoms with Gasteiger partial charge in [-0.1, -0.05) is 6.92 Å². The molecule has 0 rings (SSSR count). The highest BCUT2D eigenvalue weighted by atomic mass is 19.3. The van der Waals surface area contributed by atoms with Crippen LogP contribution in [0.4, 0.5) is 8.78 Å². The number of nitrogens with zero attached hydrogens (tertiary/aromatic N) is 1. The largest absolute Gasteiger partial charge is 0.381 e. The van der Waals surface area contributed by atoms with Crippen LogP contribution in [0.15, 0.2) is 0 Å². The molecule has 0 aromatic heterocycles. The van der Waals surface area contributed by atoms with Crippen LogP contribution in [0.2, 0.25) is 0 Å². The van der Waals surface area contributed by atoms with Gasteiger partial charge >= 0.3 is 0 Å². The van der Waals surface area contributed by atoms with Crippen molar-refractivity contribution in [3.63, 3.8) is 0 Å². The average molecular weight is 169 g/mol. The minimum absolute atomic E-state index is 0.0987. The highest BCUT2D eigenvalue weighted by molar-refractivity contribution is 4.68. The molecule has 0 saturated heterocycles. The smallest absolute Gasteiger partial charge is 0.270 e. The van der Waals surface area contributed by atoms with Gasteiger partial charge in [0.25, 0.3) is 6.43 Å². The van der Waals surface area contributed by atoms with Gasteiger partial charge in [0.1, 0.15) is 0 Å². The molecule has 0 aliphatic rings. The molecule has 0 aromatic carbocycles. The molecule has 0 heterocycles. The summed E-state index contributed by atoms with van der Waals surface area (Å²) in [5, 5.41) is 18.6. The second kappa shape index (κ2) is 4.17. The summed E-state index contributed by atoms with van der Waals surface area (Å²) in [6.45, 7) is 1.37. The molecule has 0 amide bonds. The van der Waals surface area contributed by atoms with Crippen molar-refractivity contribution < 1.29 is 18.8 Å². The maximum Gasteiger partial charge on any atom is 0.270 e. The maximum absolute atomic E-state index is 11.7. The molecule has 66 valence electrons. The van der Waals surface area contributed by atoms with E-state index < -0.39 is 23.5 Å². The minimum atomic E-state index is -3.05. The van der Waals surface area contributed by atoms with Gasteiger partial charge in [-0.3, -0.25) is 10.1 Å². The topological polar surface area (TPSA) is 63.4 Å². The molecule has 0 aromatic rings. The zero-order chi connectivity index (χ0) is 9.02. The summed E-state index contributed by atoms with van der Waals surface area (Å²) < 4.78 is 23.3. The number of aliphatic hydroxyl groups excluding tert-OH is 1. The molecule has 0 unspecified atom stereocenters. The van der Waals surface area contributed by atoms with Crippen molar-refractivity contribution in [3.05, 3.63) is 10.1 Å². The molecule has 0 aliphatic carbocycles. The molecule has 4 nitrogen and oxygen atoms in total. The van der Waals surface area contributed by atoms with Gasteiger partial charge in [-0.25, -0.2) is 8.78 Å². The normalized spacial score (nSPS) is 16.5. The van der Waals surface area contributed by atoms with Crippen LogP contribution in [-0.2, 0) is 0 Å². The number of hydrogen-bond acceptors (Lipinski definition) is 3. The van der Waals surface area contributed by atoms with Gasteiger partial charge in [0.05, 0.1) is 0 Å². The van der Waals surface area contributed by atoms with Crippen molar-refractivity contribution in [1.82, 2.24) is 0 Å². The number of hydrogen-bond donors (Lipinski definition) is 1. The number of nitro groups is 1. The molecule has 2 atom stereocenters. The van der Waals surface area contributed by atoms with Gasteiger partial charge in [-0.2, -0.15) is 0 Å². The van der Waals surface area contributed by atoms with Crippen LogP contribution in [0.25, 0.3) is 0 Å². The van der Waals surface area contributed by atoms with Crippen LogP contribution >= 0.6 is 0 Å². The fourth-order valence-corrected chi connectivity index (χ4v) is 0.683. The molecular weight excluding hydrogens is 160 g/mol. The van der Waals surface area contributed by atoms with Gasteiger partial charge in [0, 0.05) is 11.3 Å². The lowest BCUT2D eigenvalue weighted by Gasteiger charge is -2.12. The molecule has 11 heavy (non-hydrogen) atoms. The Bertz CT molecular complexity index is 142. The lowest BCUT2D eigenvalue weighted by molar-refractivity contribution is -0.538. The molecule has 0 radical (unpaired) electrons. The summed E-state index contributed by atoms with van der Waals surface area (Å²) >= 11 is 0. The molecule has 0 aliphatic heterocycles. The zero-order valence-electron chi connectivity index (χ0n) is 5.91. The highest BCUT2D eigenvalue weighted by Crippen LogP contribution is 2.10. The van der Waals surface area contributed by atoms with Gasteiger partial charge in [-0.15, -0.1) is 0 Å². The second-order valence-electron chi connectivity index (χ2n) is 2.09. The highest BCUT2D eigenvalue weighted by Gasteiger charge is 2.34. The summed E-state index contributed by atoms with van der Waals surface area (Å²) in [6.07, 6.45) is -5.31. The predicted molar refractivity (Wildman–Crippen MR) is 33.1 cm³/mol. The number of aliphatic hydroxyl groups is 1. The van der Waals surface area contributed by atoms with Crippen molar-refractivity contribution in [2.75, 3.05) is 0 Å². The Labute approximate surface area is 62.0 Å². The monoisotopic (exact) mass is 169 g/mol. The SMILES string of the molecule is CC[C@H]([C@H](O)C(F)F)[N+](=O)[O-]. The standard InChI is InChI=1S/C5H9F2NO3/c1-2-3(8(10)11)4(9)5(6)7/h3-5,9H,2H2,1H3/t3-,4+/m1/s1. The Kier molecular flexibility index (Phi) is 3.88. The third kappa shape index (κ3) is 2.75. The first-order valence-corrected chi connectivity index (χ1v) is 3.10. The van der Waals surface area contributed by atoms with Crippen LogP contribution in [-0.4, -0.2) is 28.6 Å². The average Bonchev–Trinajstić information content (AvgIpc) is 1.88. The molecular formula is C5H9F2NO3. The Morgan fingerprint density at radius 2 is 2.09 bits per heavy atom. The third-order valence-corrected chi connectivity index (χ3v) is 1.34. The van der Waals surface area contributed by atoms with Crippen LogP contribution in [0.1, 0.15) is 13.3 Å². The van der Waals surface area contributed by atoms with E-state index in [9.17, 15) is 18.9 Å². The Balaban J connectivity index is 4.14. The first-order chi connectivity index (χ1) is 5.00. The molecule has 0 spiro atoms. The third-order valence-electron chi connectivity index (χ3n) is 1.34. The van der Waals surface area contributed by atoms with E-state index >= 15 is 0 Å². The van der Waals surface area contributed by atoms with E-state index in [1.54, 1.807) is 0 Å². The Morgan fingerprint density at radius 3 is 2.18 bits per heavy atom. The first kappa shape index (κ1) is 10.2. The lowest BCUT2D eigenvalue weighted by Crippen LogP contribution is -2.38. The number of rotatable bonds is 4. The van der Waals surface area contributed by atoms with Gasteiger partial charge < -0.3 is 5.11 Å². The summed E-state index contributed by atoms with van der Waals surface area (Å²) in [5.74, 6) is 0. The van der Waals surface area contributed by atoms with Crippen molar-refractivity contribution in [2.24, 2.45) is 0 Å². The van der Waals surface area contributed by atoms with Crippen LogP contribution in [0.5, 0.6) is 0 Å². The van der Waals surface area contributed by atoms with Crippen molar-refractivity contribution in [2.45, 2.75) is 31.9 Å². The van der Waals surface area contributed by atoms with E-state index in [-0.39, 0.29) is 6.42 Å². The van der Waals surface area contributed by atoms with Crippen molar-refractivity contribution >= 4 is 0 Å². The fourth-order valence-electron chi connectivity index (χ4n) is 0.683. The van der Waals surface area contributed by atoms with E-state index in [4.69, 9.17) is 5.11 Å². The maximum atomic E-state index is 11.7. The molecule has 6 heteroatoms. The van der Waals surface area contributed by atoms with E-state index in [1.165, 1.54) is 6.92 Å². The van der Waals surface area contributed by atoms with Gasteiger partial charge in [0.15, 0.2) is 6.10 Å². The van der Waals surface area contributed by atoms with E-state index in [0.717, 1.165) is 0 Å². The quantitative estimate of drug-likeness (QED) is 0.496. The van der Waals surface area contributed by atoms with Crippen molar-refractivity contribution in [1.29, 1.82) is 0 Å². The second-order valence-corrected chi connectivity index (χ2v) is 2.09. The molecule has 0 saturated carbocycles. The molecule has 0 bridgehead atoms. The molecule has 1 N–H and O–H groups in total. The van der Waals surface area contributed by atoms with Gasteiger partial charge in [0.2, 0.25) is 6.04 Å². The van der Waals surface area contributed by atoms with Crippen molar-refractivity contribution in [3.8, 4) is 0 Å². The molecule has 0 fully saturated rings. The first-order valence-electron chi connectivity index (χ1n) is 3.10. The Morgan fingerprint density at radius 1 is 1.64 bits per heavy atom. The predicted octanol–water partition coefficient (Wildman–Crippen LogP) is 0.668.